The summed E-state index contributed by atoms with van der Waals surface area (Å²) in [7, 11) is 0. The average Bonchev–Trinajstić information content (AvgIpc) is 3.00. The quantitative estimate of drug-likeness (QED) is 0.143. The van der Waals surface area contributed by atoms with Crippen LogP contribution in [0.5, 0.6) is 0 Å². The maximum Gasteiger partial charge on any atom is 0.00390 e. The minimum absolute atomic E-state index is 0.437. The van der Waals surface area contributed by atoms with Gasteiger partial charge in [0.2, 0.25) is 0 Å². The van der Waals surface area contributed by atoms with E-state index in [-0.39, 0.29) is 0 Å². The highest BCUT2D eigenvalue weighted by atomic mass is 15.1. The third-order valence-corrected chi connectivity index (χ3v) is 12.7. The minimum Gasteiger partial charge on any atom is -0.330 e. The molecule has 0 atom stereocenters. The summed E-state index contributed by atoms with van der Waals surface area (Å²) in [6.45, 7) is 4.66. The van der Waals surface area contributed by atoms with Gasteiger partial charge in [0.05, 0.1) is 0 Å². The summed E-state index contributed by atoms with van der Waals surface area (Å²) in [5.41, 5.74) is 31.3. The molecule has 0 aromatic rings. The molecule has 0 radical (unpaired) electrons. The minimum atomic E-state index is 0.437. The van der Waals surface area contributed by atoms with Crippen molar-refractivity contribution in [2.75, 3.05) is 26.2 Å². The first-order valence-electron chi connectivity index (χ1n) is 18.9. The van der Waals surface area contributed by atoms with Crippen LogP contribution >= 0.6 is 0 Å². The molecule has 42 heavy (non-hydrogen) atoms. The monoisotopic (exact) mass is 589 g/mol. The standard InChI is InChI=1S/C36H72N6/c37-23-3-1-2-4-24-42(25-21-35(27-5-13-31(38)14-6-27)28-7-15-32(39)16-8-28)26-22-36(29-9-17-33(40)18-10-29)30-11-19-34(41)20-12-30/h27-36H,1-26,37-41H2. The Morgan fingerprint density at radius 1 is 0.405 bits per heavy atom. The van der Waals surface area contributed by atoms with Crippen LogP contribution in [0.3, 0.4) is 0 Å². The van der Waals surface area contributed by atoms with Crippen molar-refractivity contribution in [2.24, 2.45) is 64.2 Å². The molecule has 0 saturated heterocycles. The first-order valence-corrected chi connectivity index (χ1v) is 18.9. The van der Waals surface area contributed by atoms with Gasteiger partial charge >= 0.3 is 0 Å². The zero-order valence-electron chi connectivity index (χ0n) is 27.5. The second-order valence-corrected chi connectivity index (χ2v) is 15.6. The van der Waals surface area contributed by atoms with Gasteiger partial charge in [0.25, 0.3) is 0 Å². The smallest absolute Gasteiger partial charge is 0.00390 e. The van der Waals surface area contributed by atoms with Crippen molar-refractivity contribution < 1.29 is 0 Å². The largest absolute Gasteiger partial charge is 0.330 e. The molecule has 0 aromatic heterocycles. The fourth-order valence-corrected chi connectivity index (χ4v) is 9.84. The van der Waals surface area contributed by atoms with E-state index in [1.165, 1.54) is 161 Å². The van der Waals surface area contributed by atoms with Crippen LogP contribution in [0.2, 0.25) is 0 Å². The number of nitrogens with zero attached hydrogens (tertiary/aromatic N) is 1. The first kappa shape index (κ1) is 34.6. The predicted octanol–water partition coefficient (Wildman–Crippen LogP) is 5.89. The maximum atomic E-state index is 6.36. The van der Waals surface area contributed by atoms with Crippen molar-refractivity contribution in [3.8, 4) is 0 Å². The molecule has 10 N–H and O–H groups in total. The molecule has 0 aliphatic heterocycles. The lowest BCUT2D eigenvalue weighted by Crippen LogP contribution is -2.39. The van der Waals surface area contributed by atoms with Gasteiger partial charge in [0.15, 0.2) is 0 Å². The molecule has 0 heterocycles. The molecule has 4 fully saturated rings. The van der Waals surface area contributed by atoms with Crippen molar-refractivity contribution in [3.63, 3.8) is 0 Å². The van der Waals surface area contributed by atoms with E-state index < -0.39 is 0 Å². The van der Waals surface area contributed by atoms with Gasteiger partial charge in [0, 0.05) is 24.2 Å². The van der Waals surface area contributed by atoms with Crippen molar-refractivity contribution in [1.29, 1.82) is 0 Å². The molecule has 6 nitrogen and oxygen atoms in total. The van der Waals surface area contributed by atoms with Crippen LogP contribution < -0.4 is 28.7 Å². The molecule has 4 aliphatic carbocycles. The molecule has 4 saturated carbocycles. The van der Waals surface area contributed by atoms with Crippen molar-refractivity contribution in [1.82, 2.24) is 4.90 Å². The second-order valence-electron chi connectivity index (χ2n) is 15.6. The molecule has 0 unspecified atom stereocenters. The number of unbranched alkanes of at least 4 members (excludes halogenated alkanes) is 3. The van der Waals surface area contributed by atoms with Gasteiger partial charge in [-0.3, -0.25) is 0 Å². The lowest BCUT2D eigenvalue weighted by atomic mass is 9.67. The first-order chi connectivity index (χ1) is 20.4. The SMILES string of the molecule is NCCCCCCN(CCC(C1CCC(N)CC1)C1CCC(N)CC1)CCC(C1CCC(N)CC1)C1CCC(N)CC1. The van der Waals surface area contributed by atoms with Gasteiger partial charge in [-0.2, -0.15) is 0 Å². The van der Waals surface area contributed by atoms with Crippen LogP contribution in [0.15, 0.2) is 0 Å². The molecule has 4 rings (SSSR count). The van der Waals surface area contributed by atoms with Crippen LogP contribution in [0.1, 0.15) is 141 Å². The topological polar surface area (TPSA) is 133 Å². The van der Waals surface area contributed by atoms with E-state index in [4.69, 9.17) is 28.7 Å². The van der Waals surface area contributed by atoms with E-state index in [0.717, 1.165) is 42.1 Å². The summed E-state index contributed by atoms with van der Waals surface area (Å²) in [5.74, 6) is 5.23. The van der Waals surface area contributed by atoms with E-state index >= 15 is 0 Å². The zero-order valence-corrected chi connectivity index (χ0v) is 27.5. The average molecular weight is 589 g/mol. The number of hydrogen-bond donors (Lipinski definition) is 5. The molecule has 0 bridgehead atoms. The fourth-order valence-electron chi connectivity index (χ4n) is 9.84. The van der Waals surface area contributed by atoms with Gasteiger partial charge in [-0.15, -0.1) is 0 Å². The highest BCUT2D eigenvalue weighted by molar-refractivity contribution is 4.89. The van der Waals surface area contributed by atoms with Gasteiger partial charge in [-0.25, -0.2) is 0 Å². The summed E-state index contributed by atoms with van der Waals surface area (Å²) in [6.07, 6.45) is 28.5. The molecule has 0 aromatic carbocycles. The Kier molecular flexibility index (Phi) is 15.4. The van der Waals surface area contributed by atoms with Crippen molar-refractivity contribution >= 4 is 0 Å². The Labute approximate surface area is 260 Å². The Balaban J connectivity index is 1.39. The fraction of sp³-hybridized carbons (Fsp3) is 1.00. The molecule has 0 spiro atoms. The van der Waals surface area contributed by atoms with Gasteiger partial charge < -0.3 is 33.6 Å². The Morgan fingerprint density at radius 2 is 0.714 bits per heavy atom. The van der Waals surface area contributed by atoms with E-state index in [1.807, 2.05) is 0 Å². The lowest BCUT2D eigenvalue weighted by molar-refractivity contribution is 0.0926. The highest BCUT2D eigenvalue weighted by Crippen LogP contribution is 2.43. The van der Waals surface area contributed by atoms with Crippen molar-refractivity contribution in [2.45, 2.75) is 165 Å². The molecule has 0 amide bonds. The summed E-state index contributed by atoms with van der Waals surface area (Å²) in [6, 6.07) is 1.75. The van der Waals surface area contributed by atoms with Gasteiger partial charge in [-0.1, -0.05) is 12.8 Å². The van der Waals surface area contributed by atoms with Crippen LogP contribution in [0, 0.1) is 35.5 Å². The van der Waals surface area contributed by atoms with Gasteiger partial charge in [0.1, 0.15) is 0 Å². The van der Waals surface area contributed by atoms with Crippen LogP contribution in [0.25, 0.3) is 0 Å². The summed E-state index contributed by atoms with van der Waals surface area (Å²) < 4.78 is 0. The Hall–Kier alpha value is -0.240. The number of rotatable bonds is 16. The van der Waals surface area contributed by atoms with Gasteiger partial charge in [-0.05, 0) is 190 Å². The van der Waals surface area contributed by atoms with E-state index in [0.29, 0.717) is 24.2 Å². The van der Waals surface area contributed by atoms with Crippen molar-refractivity contribution in [3.05, 3.63) is 0 Å². The summed E-state index contributed by atoms with van der Waals surface area (Å²) in [4.78, 5) is 2.91. The molecular formula is C36H72N6. The third-order valence-electron chi connectivity index (χ3n) is 12.7. The Bertz CT molecular complexity index is 591. The van der Waals surface area contributed by atoms with Crippen LogP contribution in [0.4, 0.5) is 0 Å². The van der Waals surface area contributed by atoms with Crippen LogP contribution in [-0.2, 0) is 0 Å². The normalized spacial score (nSPS) is 36.1. The Morgan fingerprint density at radius 3 is 1.02 bits per heavy atom. The van der Waals surface area contributed by atoms with E-state index in [9.17, 15) is 0 Å². The molecule has 4 aliphatic rings. The number of hydrogen-bond acceptors (Lipinski definition) is 6. The van der Waals surface area contributed by atoms with E-state index in [2.05, 4.69) is 4.90 Å². The lowest BCUT2D eigenvalue weighted by Gasteiger charge is -2.42. The highest BCUT2D eigenvalue weighted by Gasteiger charge is 2.36. The second kappa shape index (κ2) is 18.7. The van der Waals surface area contributed by atoms with E-state index in [1.54, 1.807) is 0 Å². The predicted molar refractivity (Wildman–Crippen MR) is 180 cm³/mol. The third kappa shape index (κ3) is 11.3. The summed E-state index contributed by atoms with van der Waals surface area (Å²) >= 11 is 0. The molecular weight excluding hydrogens is 516 g/mol. The molecule has 246 valence electrons. The zero-order chi connectivity index (χ0) is 29.7. The van der Waals surface area contributed by atoms with Crippen LogP contribution in [-0.4, -0.2) is 55.2 Å². The maximum absolute atomic E-state index is 6.36. The summed E-state index contributed by atoms with van der Waals surface area (Å²) in [5, 5.41) is 0. The molecule has 6 heteroatoms. The number of nitrogens with two attached hydrogens (primary N) is 5.